The van der Waals surface area contributed by atoms with Gasteiger partial charge in [0.25, 0.3) is 0 Å². The average molecular weight is 542 g/mol. The minimum Gasteiger partial charge on any atom is -0.444 e. The number of rotatable bonds is 6. The maximum atomic E-state index is 15.0. The topological polar surface area (TPSA) is 88.9 Å². The molecule has 39 heavy (non-hydrogen) atoms. The Bertz CT molecular complexity index is 1100. The Balaban J connectivity index is 1.33. The van der Waals surface area contributed by atoms with Crippen LogP contribution in [0.5, 0.6) is 0 Å². The first-order valence-electron chi connectivity index (χ1n) is 14.3. The largest absolute Gasteiger partial charge is 0.444 e. The Kier molecular flexibility index (Phi) is 8.46. The molecular formula is C30H44FN5O3. The van der Waals surface area contributed by atoms with E-state index in [2.05, 4.69) is 42.0 Å². The molecular weight excluding hydrogens is 497 g/mol. The van der Waals surface area contributed by atoms with Crippen molar-refractivity contribution in [1.29, 1.82) is 5.26 Å². The van der Waals surface area contributed by atoms with E-state index in [1.54, 1.807) is 37.8 Å². The number of hydrogen-bond acceptors (Lipinski definition) is 6. The SMILES string of the molecule is CC(C)(C)OC(=O)N1C2CCC(C2)C1C(=O)NC(C#N)CCc1ccc(N2CCN(C(C)(C)C)CC2)cc1F. The number of ether oxygens (including phenoxy) is 1. The molecule has 1 aromatic carbocycles. The van der Waals surface area contributed by atoms with Crippen LogP contribution in [0.1, 0.15) is 72.8 Å². The normalized spacial score (nSPS) is 24.4. The molecule has 2 aliphatic heterocycles. The Hall–Kier alpha value is -2.86. The number of halogens is 1. The standard InChI is InChI=1S/C30H44FN5O3/c1-29(2,3)35-15-13-34(14-16-35)23-11-8-20(25(31)18-23)7-10-22(19-32)33-27(37)26-21-9-12-24(17-21)36(26)28(38)39-30(4,5)6/h8,11,18,21-22,24,26H,7,9-10,12-17H2,1-6H3,(H,33,37). The summed E-state index contributed by atoms with van der Waals surface area (Å²) in [7, 11) is 0. The van der Waals surface area contributed by atoms with Crippen LogP contribution < -0.4 is 10.2 Å². The molecule has 1 aromatic rings. The van der Waals surface area contributed by atoms with Gasteiger partial charge in [-0.05, 0) is 97.3 Å². The third kappa shape index (κ3) is 6.84. The first-order chi connectivity index (χ1) is 18.3. The highest BCUT2D eigenvalue weighted by molar-refractivity contribution is 5.87. The van der Waals surface area contributed by atoms with Crippen LogP contribution in [0, 0.1) is 23.1 Å². The number of piperazine rings is 1. The van der Waals surface area contributed by atoms with Crippen molar-refractivity contribution in [3.8, 4) is 6.07 Å². The summed E-state index contributed by atoms with van der Waals surface area (Å²) >= 11 is 0. The number of benzene rings is 1. The second kappa shape index (κ2) is 11.3. The molecule has 2 saturated heterocycles. The summed E-state index contributed by atoms with van der Waals surface area (Å²) in [6.07, 6.45) is 2.65. The molecule has 2 amide bonds. The average Bonchev–Trinajstić information content (AvgIpc) is 3.47. The Morgan fingerprint density at radius 2 is 1.82 bits per heavy atom. The molecule has 4 atom stereocenters. The fourth-order valence-electron chi connectivity index (χ4n) is 6.20. The van der Waals surface area contributed by atoms with Crippen LogP contribution in [0.3, 0.4) is 0 Å². The Labute approximate surface area is 232 Å². The predicted molar refractivity (Wildman–Crippen MR) is 149 cm³/mol. The third-order valence-corrected chi connectivity index (χ3v) is 8.26. The number of nitrogens with zero attached hydrogens (tertiary/aromatic N) is 4. The highest BCUT2D eigenvalue weighted by Crippen LogP contribution is 2.43. The first kappa shape index (κ1) is 29.1. The zero-order valence-electron chi connectivity index (χ0n) is 24.3. The summed E-state index contributed by atoms with van der Waals surface area (Å²) in [5, 5.41) is 12.6. The number of amides is 2. The van der Waals surface area contributed by atoms with E-state index >= 15 is 4.39 Å². The van der Waals surface area contributed by atoms with E-state index in [1.165, 1.54) is 0 Å². The summed E-state index contributed by atoms with van der Waals surface area (Å²) in [5.74, 6) is -0.556. The van der Waals surface area contributed by atoms with Gasteiger partial charge in [-0.2, -0.15) is 5.26 Å². The highest BCUT2D eigenvalue weighted by atomic mass is 19.1. The number of carbonyl (C=O) groups is 2. The van der Waals surface area contributed by atoms with Gasteiger partial charge >= 0.3 is 6.09 Å². The van der Waals surface area contributed by atoms with Crippen molar-refractivity contribution in [3.05, 3.63) is 29.6 Å². The Morgan fingerprint density at radius 1 is 1.13 bits per heavy atom. The van der Waals surface area contributed by atoms with Gasteiger partial charge in [0.15, 0.2) is 0 Å². The van der Waals surface area contributed by atoms with Crippen LogP contribution in [0.15, 0.2) is 18.2 Å². The molecule has 2 heterocycles. The molecule has 8 nitrogen and oxygen atoms in total. The molecule has 3 fully saturated rings. The molecule has 1 N–H and O–H groups in total. The fourth-order valence-corrected chi connectivity index (χ4v) is 6.20. The summed E-state index contributed by atoms with van der Waals surface area (Å²) in [5.41, 5.74) is 0.861. The van der Waals surface area contributed by atoms with Crippen LogP contribution in [0.25, 0.3) is 0 Å². The lowest BCUT2D eigenvalue weighted by atomic mass is 9.97. The number of nitrogens with one attached hydrogen (secondary N) is 1. The van der Waals surface area contributed by atoms with Gasteiger partial charge in [0.1, 0.15) is 23.5 Å². The second-order valence-electron chi connectivity index (χ2n) is 13.2. The number of carbonyl (C=O) groups excluding carboxylic acids is 2. The molecule has 9 heteroatoms. The second-order valence-corrected chi connectivity index (χ2v) is 13.2. The van der Waals surface area contributed by atoms with Gasteiger partial charge in [-0.1, -0.05) is 6.07 Å². The molecule has 3 aliphatic rings. The first-order valence-corrected chi connectivity index (χ1v) is 14.3. The highest BCUT2D eigenvalue weighted by Gasteiger charge is 2.52. The molecule has 214 valence electrons. The maximum Gasteiger partial charge on any atom is 0.411 e. The molecule has 1 aliphatic carbocycles. The molecule has 2 bridgehead atoms. The zero-order valence-corrected chi connectivity index (χ0v) is 24.3. The lowest BCUT2D eigenvalue weighted by Crippen LogP contribution is -2.55. The molecule has 4 unspecified atom stereocenters. The zero-order chi connectivity index (χ0) is 28.5. The summed E-state index contributed by atoms with van der Waals surface area (Å²) < 4.78 is 20.6. The van der Waals surface area contributed by atoms with Gasteiger partial charge in [0.2, 0.25) is 5.91 Å². The van der Waals surface area contributed by atoms with E-state index in [1.807, 2.05) is 6.07 Å². The number of aryl methyl sites for hydroxylation is 1. The van der Waals surface area contributed by atoms with Gasteiger partial charge in [0.05, 0.1) is 6.07 Å². The molecule has 4 rings (SSSR count). The van der Waals surface area contributed by atoms with E-state index < -0.39 is 23.8 Å². The van der Waals surface area contributed by atoms with E-state index in [0.717, 1.165) is 51.1 Å². The molecule has 0 spiro atoms. The predicted octanol–water partition coefficient (Wildman–Crippen LogP) is 4.48. The number of hydrogen-bond donors (Lipinski definition) is 1. The van der Waals surface area contributed by atoms with Gasteiger partial charge in [0, 0.05) is 43.4 Å². The number of fused-ring (bicyclic) bond motifs is 2. The summed E-state index contributed by atoms with van der Waals surface area (Å²) in [6, 6.07) is 6.04. The Morgan fingerprint density at radius 3 is 2.41 bits per heavy atom. The van der Waals surface area contributed by atoms with Crippen LogP contribution in [-0.2, 0) is 16.0 Å². The third-order valence-electron chi connectivity index (χ3n) is 8.26. The quantitative estimate of drug-likeness (QED) is 0.572. The maximum absolute atomic E-state index is 15.0. The van der Waals surface area contributed by atoms with Crippen LogP contribution in [0.4, 0.5) is 14.9 Å². The van der Waals surface area contributed by atoms with Crippen LogP contribution in [-0.4, -0.2) is 77.2 Å². The van der Waals surface area contributed by atoms with Gasteiger partial charge in [-0.25, -0.2) is 9.18 Å². The van der Waals surface area contributed by atoms with E-state index in [4.69, 9.17) is 4.74 Å². The number of piperidine rings is 1. The van der Waals surface area contributed by atoms with Crippen molar-refractivity contribution in [3.63, 3.8) is 0 Å². The van der Waals surface area contributed by atoms with Crippen molar-refractivity contribution in [2.24, 2.45) is 5.92 Å². The minimum atomic E-state index is -0.776. The van der Waals surface area contributed by atoms with Crippen LogP contribution in [0.2, 0.25) is 0 Å². The van der Waals surface area contributed by atoms with Crippen molar-refractivity contribution in [2.45, 2.75) is 103 Å². The van der Waals surface area contributed by atoms with Crippen molar-refractivity contribution in [1.82, 2.24) is 15.1 Å². The van der Waals surface area contributed by atoms with Crippen molar-refractivity contribution >= 4 is 17.7 Å². The number of likely N-dealkylation sites (tertiary alicyclic amines) is 1. The number of nitriles is 1. The summed E-state index contributed by atoms with van der Waals surface area (Å²) in [4.78, 5) is 32.4. The lowest BCUT2D eigenvalue weighted by molar-refractivity contribution is -0.128. The van der Waals surface area contributed by atoms with Gasteiger partial charge in [-0.15, -0.1) is 0 Å². The summed E-state index contributed by atoms with van der Waals surface area (Å²) in [6.45, 7) is 15.6. The fraction of sp³-hybridized carbons (Fsp3) is 0.700. The van der Waals surface area contributed by atoms with Gasteiger partial charge in [-0.3, -0.25) is 14.6 Å². The van der Waals surface area contributed by atoms with Crippen molar-refractivity contribution in [2.75, 3.05) is 31.1 Å². The van der Waals surface area contributed by atoms with Gasteiger partial charge < -0.3 is 15.0 Å². The van der Waals surface area contributed by atoms with Crippen molar-refractivity contribution < 1.29 is 18.7 Å². The van der Waals surface area contributed by atoms with E-state index in [0.29, 0.717) is 12.0 Å². The minimum absolute atomic E-state index is 0.00909. The molecule has 1 saturated carbocycles. The van der Waals surface area contributed by atoms with E-state index in [-0.39, 0.29) is 35.6 Å². The lowest BCUT2D eigenvalue weighted by Gasteiger charge is -2.43. The monoisotopic (exact) mass is 541 g/mol. The number of anilines is 1. The van der Waals surface area contributed by atoms with E-state index in [9.17, 15) is 14.9 Å². The smallest absolute Gasteiger partial charge is 0.411 e. The van der Waals surface area contributed by atoms with Crippen LogP contribution >= 0.6 is 0 Å². The molecule has 0 aromatic heterocycles. The molecule has 0 radical (unpaired) electrons.